The maximum atomic E-state index is 12.9. The Balaban J connectivity index is 1.21. The molecular weight excluding hydrogens is 356 g/mol. The molecule has 144 valence electrons. The maximum absolute atomic E-state index is 12.9. The fraction of sp³-hybridized carbons (Fsp3) is 0.455. The molecule has 1 saturated heterocycles. The molecule has 28 heavy (non-hydrogen) atoms. The van der Waals surface area contributed by atoms with Crippen LogP contribution in [0, 0.1) is 35.5 Å². The van der Waals surface area contributed by atoms with Gasteiger partial charge >= 0.3 is 0 Å². The smallest absolute Gasteiger partial charge is 0.233 e. The van der Waals surface area contributed by atoms with Crippen molar-refractivity contribution < 1.29 is 19.2 Å². The van der Waals surface area contributed by atoms with Gasteiger partial charge in [-0.1, -0.05) is 12.2 Å². The average Bonchev–Trinajstić information content (AvgIpc) is 3.46. The molecule has 4 aliphatic carbocycles. The Hall–Kier alpha value is -2.76. The number of anilines is 1. The van der Waals surface area contributed by atoms with E-state index in [1.165, 1.54) is 11.8 Å². The molecule has 6 nitrogen and oxygen atoms in total. The first-order valence-corrected chi connectivity index (χ1v) is 9.90. The molecule has 0 aromatic heterocycles. The lowest BCUT2D eigenvalue weighted by atomic mass is 9.63. The molecule has 2 saturated carbocycles. The van der Waals surface area contributed by atoms with Gasteiger partial charge in [0.15, 0.2) is 5.78 Å². The molecule has 3 amide bonds. The van der Waals surface area contributed by atoms with Gasteiger partial charge in [-0.3, -0.25) is 24.1 Å². The van der Waals surface area contributed by atoms with Crippen LogP contribution in [0.25, 0.3) is 0 Å². The predicted molar refractivity (Wildman–Crippen MR) is 101 cm³/mol. The van der Waals surface area contributed by atoms with Gasteiger partial charge in [0.05, 0.1) is 11.8 Å². The van der Waals surface area contributed by atoms with Crippen molar-refractivity contribution in [3.8, 4) is 0 Å². The van der Waals surface area contributed by atoms with Crippen LogP contribution < -0.4 is 5.32 Å². The van der Waals surface area contributed by atoms with E-state index in [0.717, 1.165) is 6.42 Å². The van der Waals surface area contributed by atoms with Gasteiger partial charge in [0.1, 0.15) is 0 Å². The topological polar surface area (TPSA) is 83.6 Å². The normalized spacial score (nSPS) is 34.2. The summed E-state index contributed by atoms with van der Waals surface area (Å²) in [5.41, 5.74) is 1.17. The summed E-state index contributed by atoms with van der Waals surface area (Å²) in [5, 5.41) is 2.76. The number of hydrogen-bond acceptors (Lipinski definition) is 4. The Kier molecular flexibility index (Phi) is 3.79. The molecule has 1 heterocycles. The number of amides is 3. The summed E-state index contributed by atoms with van der Waals surface area (Å²) in [6, 6.07) is 6.66. The van der Waals surface area contributed by atoms with Crippen LogP contribution in [0.5, 0.6) is 0 Å². The minimum atomic E-state index is -0.255. The number of allylic oxidation sites excluding steroid dienone is 2. The van der Waals surface area contributed by atoms with E-state index in [1.807, 2.05) is 0 Å². The average molecular weight is 378 g/mol. The summed E-state index contributed by atoms with van der Waals surface area (Å²) in [6.45, 7) is 1.61. The number of imide groups is 1. The highest BCUT2D eigenvalue weighted by Crippen LogP contribution is 2.65. The highest BCUT2D eigenvalue weighted by molar-refractivity contribution is 6.06. The van der Waals surface area contributed by atoms with Crippen LogP contribution in [0.2, 0.25) is 0 Å². The van der Waals surface area contributed by atoms with Gasteiger partial charge in [-0.2, -0.15) is 0 Å². The van der Waals surface area contributed by atoms with Gasteiger partial charge in [-0.25, -0.2) is 0 Å². The zero-order valence-corrected chi connectivity index (χ0v) is 15.6. The Bertz CT molecular complexity index is 883. The lowest BCUT2D eigenvalue weighted by molar-refractivity contribution is -0.140. The predicted octanol–water partition coefficient (Wildman–Crippen LogP) is 2.27. The molecule has 0 spiro atoms. The molecular formula is C22H22N2O4. The first-order chi connectivity index (χ1) is 13.5. The van der Waals surface area contributed by atoms with Crippen LogP contribution in [0.4, 0.5) is 5.69 Å². The molecule has 1 aromatic carbocycles. The number of carbonyl (C=O) groups excluding carboxylic acids is 4. The van der Waals surface area contributed by atoms with Crippen LogP contribution in [-0.2, 0) is 14.4 Å². The first kappa shape index (κ1) is 17.3. The van der Waals surface area contributed by atoms with Crippen LogP contribution in [0.15, 0.2) is 36.4 Å². The van der Waals surface area contributed by atoms with Gasteiger partial charge < -0.3 is 5.32 Å². The third-order valence-corrected chi connectivity index (χ3v) is 6.89. The number of likely N-dealkylation sites (tertiary alicyclic amines) is 1. The van der Waals surface area contributed by atoms with E-state index in [9.17, 15) is 19.2 Å². The molecule has 0 unspecified atom stereocenters. The fourth-order valence-corrected chi connectivity index (χ4v) is 5.46. The van der Waals surface area contributed by atoms with Crippen molar-refractivity contribution in [2.24, 2.45) is 35.5 Å². The van der Waals surface area contributed by atoms with Gasteiger partial charge in [0.25, 0.3) is 0 Å². The molecule has 2 bridgehead atoms. The standard InChI is InChI=1S/C22H22N2O4/c1-11(25)12-2-4-13(5-3-12)23-18(26)8-9-24-21(27)19-14-6-7-15(17-10-16(14)17)20(19)22(24)28/h2-7,14-17,19-20H,8-10H2,1H3,(H,23,26)/t14-,15-,16-,17-,19+,20+/m0/s1. The molecule has 6 heteroatoms. The Morgan fingerprint density at radius 1 is 1.00 bits per heavy atom. The summed E-state index contributed by atoms with van der Waals surface area (Å²) < 4.78 is 0. The Morgan fingerprint density at radius 3 is 2.11 bits per heavy atom. The van der Waals surface area contributed by atoms with Crippen molar-refractivity contribution >= 4 is 29.2 Å². The zero-order chi connectivity index (χ0) is 19.6. The number of ketones is 1. The van der Waals surface area contributed by atoms with Crippen molar-refractivity contribution in [2.75, 3.05) is 11.9 Å². The summed E-state index contributed by atoms with van der Waals surface area (Å²) in [6.07, 6.45) is 5.50. The fourth-order valence-electron chi connectivity index (χ4n) is 5.46. The minimum absolute atomic E-state index is 0.0357. The van der Waals surface area contributed by atoms with Gasteiger partial charge in [-0.15, -0.1) is 0 Å². The van der Waals surface area contributed by atoms with Crippen molar-refractivity contribution in [3.05, 3.63) is 42.0 Å². The summed E-state index contributed by atoms with van der Waals surface area (Å²) in [5.74, 6) is 0.647. The summed E-state index contributed by atoms with van der Waals surface area (Å²) >= 11 is 0. The van der Waals surface area contributed by atoms with Crippen LogP contribution in [0.1, 0.15) is 30.1 Å². The number of carbonyl (C=O) groups is 4. The molecule has 0 radical (unpaired) electrons. The van der Waals surface area contributed by atoms with Crippen LogP contribution in [0.3, 0.4) is 0 Å². The summed E-state index contributed by atoms with van der Waals surface area (Å²) in [4.78, 5) is 50.7. The molecule has 6 atom stereocenters. The van der Waals surface area contributed by atoms with Crippen molar-refractivity contribution in [2.45, 2.75) is 19.8 Å². The lowest BCUT2D eigenvalue weighted by Crippen LogP contribution is -2.40. The zero-order valence-electron chi connectivity index (χ0n) is 15.6. The van der Waals surface area contributed by atoms with E-state index >= 15 is 0 Å². The number of nitrogens with zero attached hydrogens (tertiary/aromatic N) is 1. The molecule has 5 aliphatic rings. The largest absolute Gasteiger partial charge is 0.326 e. The Labute approximate surface area is 163 Å². The quantitative estimate of drug-likeness (QED) is 0.484. The van der Waals surface area contributed by atoms with E-state index in [-0.39, 0.29) is 60.1 Å². The third-order valence-electron chi connectivity index (χ3n) is 6.89. The van der Waals surface area contributed by atoms with Crippen molar-refractivity contribution in [3.63, 3.8) is 0 Å². The van der Waals surface area contributed by atoms with Crippen LogP contribution >= 0.6 is 0 Å². The maximum Gasteiger partial charge on any atom is 0.233 e. The number of hydrogen-bond donors (Lipinski definition) is 1. The van der Waals surface area contributed by atoms with E-state index < -0.39 is 0 Å². The summed E-state index contributed by atoms with van der Waals surface area (Å²) in [7, 11) is 0. The molecule has 1 aromatic rings. The second kappa shape index (κ2) is 6.12. The van der Waals surface area contributed by atoms with E-state index in [4.69, 9.17) is 0 Å². The van der Waals surface area contributed by atoms with Crippen LogP contribution in [-0.4, -0.2) is 34.9 Å². The SMILES string of the molecule is CC(=O)c1ccc(NC(=O)CCN2C(=O)[C@@H]3[C@H]4C=C[C@@H]([C@@H]5C[C@@H]45)[C@H]3C2=O)cc1. The first-order valence-electron chi connectivity index (χ1n) is 9.90. The van der Waals surface area contributed by atoms with Gasteiger partial charge in [0, 0.05) is 24.2 Å². The minimum Gasteiger partial charge on any atom is -0.326 e. The number of rotatable bonds is 5. The monoisotopic (exact) mass is 378 g/mol. The lowest BCUT2D eigenvalue weighted by Gasteiger charge is -2.37. The van der Waals surface area contributed by atoms with E-state index in [0.29, 0.717) is 23.1 Å². The highest BCUT2D eigenvalue weighted by atomic mass is 16.2. The second-order valence-electron chi connectivity index (χ2n) is 8.41. The number of benzene rings is 1. The molecule has 1 N–H and O–H groups in total. The molecule has 6 rings (SSSR count). The van der Waals surface area contributed by atoms with Gasteiger partial charge in [-0.05, 0) is 61.3 Å². The van der Waals surface area contributed by atoms with E-state index in [2.05, 4.69) is 17.5 Å². The third kappa shape index (κ3) is 2.54. The number of nitrogens with one attached hydrogen (secondary N) is 1. The van der Waals surface area contributed by atoms with Crippen molar-refractivity contribution in [1.29, 1.82) is 0 Å². The molecule has 1 aliphatic heterocycles. The highest BCUT2D eigenvalue weighted by Gasteiger charge is 2.66. The number of Topliss-reactive ketones (excluding diaryl/α,β-unsaturated/α-hetero) is 1. The van der Waals surface area contributed by atoms with Crippen molar-refractivity contribution in [1.82, 2.24) is 4.90 Å². The molecule has 3 fully saturated rings. The van der Waals surface area contributed by atoms with Gasteiger partial charge in [0.2, 0.25) is 17.7 Å². The Morgan fingerprint density at radius 2 is 1.57 bits per heavy atom. The van der Waals surface area contributed by atoms with E-state index in [1.54, 1.807) is 24.3 Å². The second-order valence-corrected chi connectivity index (χ2v) is 8.41.